The molecule has 0 aliphatic heterocycles. The molecule has 152 valence electrons. The summed E-state index contributed by atoms with van der Waals surface area (Å²) in [5.74, 6) is -0.326. The lowest BCUT2D eigenvalue weighted by Crippen LogP contribution is -2.33. The Bertz CT molecular complexity index is 1100. The third-order valence-electron chi connectivity index (χ3n) is 4.22. The number of nitrogens with zero attached hydrogens (tertiary/aromatic N) is 2. The molecule has 0 N–H and O–H groups in total. The summed E-state index contributed by atoms with van der Waals surface area (Å²) in [6.45, 7) is 7.09. The van der Waals surface area contributed by atoms with Gasteiger partial charge >= 0.3 is 5.97 Å². The highest BCUT2D eigenvalue weighted by Gasteiger charge is 2.24. The van der Waals surface area contributed by atoms with Crippen LogP contribution in [0.15, 0.2) is 53.6 Å². The van der Waals surface area contributed by atoms with Crippen molar-refractivity contribution < 1.29 is 18.7 Å². The van der Waals surface area contributed by atoms with Gasteiger partial charge in [0.25, 0.3) is 5.56 Å². The molecule has 0 aliphatic carbocycles. The van der Waals surface area contributed by atoms with E-state index in [9.17, 15) is 14.0 Å². The highest BCUT2D eigenvalue weighted by Crippen LogP contribution is 2.20. The van der Waals surface area contributed by atoms with Gasteiger partial charge in [0.15, 0.2) is 0 Å². The van der Waals surface area contributed by atoms with Gasteiger partial charge in [-0.1, -0.05) is 12.1 Å². The van der Waals surface area contributed by atoms with E-state index in [1.165, 1.54) is 23.0 Å². The van der Waals surface area contributed by atoms with E-state index in [-0.39, 0.29) is 18.0 Å². The summed E-state index contributed by atoms with van der Waals surface area (Å²) in [4.78, 5) is 29.4. The van der Waals surface area contributed by atoms with E-state index in [1.54, 1.807) is 58.0 Å². The number of rotatable bonds is 5. The van der Waals surface area contributed by atoms with Crippen molar-refractivity contribution in [1.82, 2.24) is 9.55 Å². The number of ether oxygens (including phenoxy) is 2. The van der Waals surface area contributed by atoms with Gasteiger partial charge in [-0.15, -0.1) is 0 Å². The van der Waals surface area contributed by atoms with Crippen LogP contribution in [-0.2, 0) is 16.1 Å². The van der Waals surface area contributed by atoms with E-state index >= 15 is 0 Å². The van der Waals surface area contributed by atoms with Gasteiger partial charge in [0.05, 0.1) is 17.2 Å². The second-order valence-electron chi connectivity index (χ2n) is 7.76. The van der Waals surface area contributed by atoms with Crippen molar-refractivity contribution in [3.8, 4) is 5.75 Å². The van der Waals surface area contributed by atoms with Crippen molar-refractivity contribution in [3.05, 3.63) is 70.5 Å². The van der Waals surface area contributed by atoms with Crippen molar-refractivity contribution >= 4 is 16.9 Å². The van der Waals surface area contributed by atoms with Crippen molar-refractivity contribution in [1.29, 1.82) is 0 Å². The molecule has 1 atom stereocenters. The van der Waals surface area contributed by atoms with Crippen molar-refractivity contribution in [2.75, 3.05) is 0 Å². The summed E-state index contributed by atoms with van der Waals surface area (Å²) < 4.78 is 25.5. The molecule has 3 aromatic rings. The fraction of sp³-hybridized carbons (Fsp3) is 0.318. The van der Waals surface area contributed by atoms with Crippen LogP contribution in [0, 0.1) is 5.82 Å². The standard InChI is InChI=1S/C22H23FN2O4/c1-14(21(27)29-22(2,3)4)25-13-24-19-11-17(8-9-18(19)20(25)26)28-12-15-6-5-7-16(23)10-15/h5-11,13-14H,12H2,1-4H3. The molecule has 0 spiro atoms. The Morgan fingerprint density at radius 2 is 1.97 bits per heavy atom. The summed E-state index contributed by atoms with van der Waals surface area (Å²) in [5, 5.41) is 0.362. The van der Waals surface area contributed by atoms with Gasteiger partial charge in [-0.2, -0.15) is 0 Å². The predicted octanol–water partition coefficient (Wildman–Crippen LogP) is 4.02. The van der Waals surface area contributed by atoms with Crippen LogP contribution in [0.3, 0.4) is 0 Å². The van der Waals surface area contributed by atoms with Crippen LogP contribution in [0.5, 0.6) is 5.75 Å². The molecule has 0 radical (unpaired) electrons. The minimum absolute atomic E-state index is 0.190. The molecule has 0 amide bonds. The number of carbonyl (C=O) groups excluding carboxylic acids is 1. The van der Waals surface area contributed by atoms with E-state index in [0.717, 1.165) is 0 Å². The van der Waals surface area contributed by atoms with E-state index in [2.05, 4.69) is 4.98 Å². The fourth-order valence-electron chi connectivity index (χ4n) is 2.77. The number of halogens is 1. The maximum atomic E-state index is 13.3. The Balaban J connectivity index is 1.82. The monoisotopic (exact) mass is 398 g/mol. The van der Waals surface area contributed by atoms with Gasteiger partial charge in [-0.25, -0.2) is 14.2 Å². The molecule has 1 unspecified atom stereocenters. The molecule has 7 heteroatoms. The zero-order valence-electron chi connectivity index (χ0n) is 16.8. The highest BCUT2D eigenvalue weighted by molar-refractivity contribution is 5.80. The molecule has 1 aromatic heterocycles. The molecule has 0 saturated heterocycles. The first-order valence-electron chi connectivity index (χ1n) is 9.25. The normalized spacial score (nSPS) is 12.6. The van der Waals surface area contributed by atoms with Gasteiger partial charge in [-0.05, 0) is 57.5 Å². The molecule has 6 nitrogen and oxygen atoms in total. The first kappa shape index (κ1) is 20.5. The van der Waals surface area contributed by atoms with Crippen molar-refractivity contribution in [2.24, 2.45) is 0 Å². The van der Waals surface area contributed by atoms with Crippen LogP contribution in [0.2, 0.25) is 0 Å². The topological polar surface area (TPSA) is 70.4 Å². The van der Waals surface area contributed by atoms with Crippen LogP contribution in [0.1, 0.15) is 39.3 Å². The number of hydrogen-bond donors (Lipinski definition) is 0. The number of benzene rings is 2. The third kappa shape index (κ3) is 4.99. The molecule has 0 aliphatic rings. The zero-order valence-corrected chi connectivity index (χ0v) is 16.8. The van der Waals surface area contributed by atoms with Crippen molar-refractivity contribution in [3.63, 3.8) is 0 Å². The minimum atomic E-state index is -0.803. The molecule has 2 aromatic carbocycles. The summed E-state index contributed by atoms with van der Waals surface area (Å²) in [6.07, 6.45) is 1.33. The molecular formula is C22H23FN2O4. The van der Waals surface area contributed by atoms with Gasteiger partial charge in [0, 0.05) is 6.07 Å². The van der Waals surface area contributed by atoms with Gasteiger partial charge in [-0.3, -0.25) is 9.36 Å². The fourth-order valence-corrected chi connectivity index (χ4v) is 2.77. The molecule has 0 bridgehead atoms. The Morgan fingerprint density at radius 1 is 1.21 bits per heavy atom. The number of aromatic nitrogens is 2. The maximum Gasteiger partial charge on any atom is 0.329 e. The van der Waals surface area contributed by atoms with Crippen LogP contribution in [-0.4, -0.2) is 21.1 Å². The second kappa shape index (κ2) is 8.03. The molecule has 0 fully saturated rings. The largest absolute Gasteiger partial charge is 0.489 e. The predicted molar refractivity (Wildman–Crippen MR) is 107 cm³/mol. The number of fused-ring (bicyclic) bond motifs is 1. The van der Waals surface area contributed by atoms with E-state index in [0.29, 0.717) is 22.2 Å². The smallest absolute Gasteiger partial charge is 0.329 e. The SMILES string of the molecule is CC(C(=O)OC(C)(C)C)n1cnc2cc(OCc3cccc(F)c3)ccc2c1=O. The lowest BCUT2D eigenvalue weighted by atomic mass is 10.2. The van der Waals surface area contributed by atoms with Gasteiger partial charge in [0.1, 0.15) is 29.8 Å². The molecule has 29 heavy (non-hydrogen) atoms. The van der Waals surface area contributed by atoms with Gasteiger partial charge < -0.3 is 9.47 Å². The molecule has 3 rings (SSSR count). The Labute approximate surface area is 167 Å². The van der Waals surface area contributed by atoms with Crippen molar-refractivity contribution in [2.45, 2.75) is 45.9 Å². The first-order valence-corrected chi connectivity index (χ1v) is 9.25. The minimum Gasteiger partial charge on any atom is -0.489 e. The summed E-state index contributed by atoms with van der Waals surface area (Å²) in [7, 11) is 0. The van der Waals surface area contributed by atoms with Crippen LogP contribution in [0.4, 0.5) is 4.39 Å². The Hall–Kier alpha value is -3.22. The van der Waals surface area contributed by atoms with E-state index in [4.69, 9.17) is 9.47 Å². The summed E-state index contributed by atoms with van der Waals surface area (Å²) in [5.41, 5.74) is 0.150. The lowest BCUT2D eigenvalue weighted by molar-refractivity contribution is -0.158. The summed E-state index contributed by atoms with van der Waals surface area (Å²) in [6, 6.07) is 10.2. The number of hydrogen-bond acceptors (Lipinski definition) is 5. The van der Waals surface area contributed by atoms with Crippen LogP contribution >= 0.6 is 0 Å². The highest BCUT2D eigenvalue weighted by atomic mass is 19.1. The van der Waals surface area contributed by atoms with E-state index in [1.807, 2.05) is 0 Å². The zero-order chi connectivity index (χ0) is 21.2. The first-order chi connectivity index (χ1) is 13.6. The maximum absolute atomic E-state index is 13.3. The lowest BCUT2D eigenvalue weighted by Gasteiger charge is -2.23. The Morgan fingerprint density at radius 3 is 2.66 bits per heavy atom. The third-order valence-corrected chi connectivity index (χ3v) is 4.22. The Kier molecular flexibility index (Phi) is 5.68. The average Bonchev–Trinajstić information content (AvgIpc) is 2.65. The molecular weight excluding hydrogens is 375 g/mol. The average molecular weight is 398 g/mol. The molecule has 0 saturated carbocycles. The second-order valence-corrected chi connectivity index (χ2v) is 7.76. The number of esters is 1. The number of carbonyl (C=O) groups is 1. The van der Waals surface area contributed by atoms with E-state index < -0.39 is 17.6 Å². The quantitative estimate of drug-likeness (QED) is 0.607. The van der Waals surface area contributed by atoms with Crippen LogP contribution < -0.4 is 10.3 Å². The van der Waals surface area contributed by atoms with Crippen LogP contribution in [0.25, 0.3) is 10.9 Å². The van der Waals surface area contributed by atoms with Gasteiger partial charge in [0.2, 0.25) is 0 Å². The summed E-state index contributed by atoms with van der Waals surface area (Å²) >= 11 is 0. The molecule has 1 heterocycles.